The molecule has 1 fully saturated rings. The second-order valence-electron chi connectivity index (χ2n) is 6.15. The smallest absolute Gasteiger partial charge is 0.208 e. The van der Waals surface area contributed by atoms with E-state index in [4.69, 9.17) is 0 Å². The molecule has 6 nitrogen and oxygen atoms in total. The number of rotatable bonds is 3. The van der Waals surface area contributed by atoms with Crippen molar-refractivity contribution in [3.05, 3.63) is 22.3 Å². The summed E-state index contributed by atoms with van der Waals surface area (Å²) in [7, 11) is 2.10. The normalized spacial score (nSPS) is 18.0. The predicted octanol–water partition coefficient (Wildman–Crippen LogP) is 1.84. The van der Waals surface area contributed by atoms with Gasteiger partial charge in [-0.1, -0.05) is 11.3 Å². The van der Waals surface area contributed by atoms with E-state index in [0.29, 0.717) is 6.04 Å². The van der Waals surface area contributed by atoms with Crippen LogP contribution in [-0.4, -0.2) is 46.6 Å². The van der Waals surface area contributed by atoms with Crippen LogP contribution in [0.1, 0.15) is 29.1 Å². The molecule has 1 aliphatic heterocycles. The lowest BCUT2D eigenvalue weighted by Gasteiger charge is -2.44. The van der Waals surface area contributed by atoms with Crippen LogP contribution in [0.15, 0.2) is 6.07 Å². The molecule has 2 aromatic heterocycles. The van der Waals surface area contributed by atoms with Gasteiger partial charge < -0.3 is 9.80 Å². The minimum Gasteiger partial charge on any atom is -0.351 e. The molecule has 0 aromatic carbocycles. The van der Waals surface area contributed by atoms with Gasteiger partial charge in [0.25, 0.3) is 0 Å². The molecular formula is C15H20N6S. The lowest BCUT2D eigenvalue weighted by Crippen LogP contribution is -2.59. The van der Waals surface area contributed by atoms with E-state index in [1.165, 1.54) is 24.1 Å². The fourth-order valence-electron chi connectivity index (χ4n) is 3.11. The van der Waals surface area contributed by atoms with Gasteiger partial charge in [-0.2, -0.15) is 5.10 Å². The van der Waals surface area contributed by atoms with E-state index in [-0.39, 0.29) is 0 Å². The van der Waals surface area contributed by atoms with Crippen LogP contribution in [0, 0.1) is 6.92 Å². The van der Waals surface area contributed by atoms with Gasteiger partial charge in [0.15, 0.2) is 5.82 Å². The molecule has 0 atom stereocenters. The monoisotopic (exact) mass is 316 g/mol. The fourth-order valence-corrected chi connectivity index (χ4v) is 3.83. The van der Waals surface area contributed by atoms with E-state index in [1.54, 1.807) is 11.3 Å². The molecule has 0 spiro atoms. The molecule has 2 aromatic rings. The minimum absolute atomic E-state index is 0.477. The molecule has 1 aliphatic carbocycles. The van der Waals surface area contributed by atoms with Crippen LogP contribution in [0.4, 0.5) is 10.9 Å². The highest BCUT2D eigenvalue weighted by Crippen LogP contribution is 2.28. The van der Waals surface area contributed by atoms with E-state index < -0.39 is 0 Å². The molecule has 22 heavy (non-hydrogen) atoms. The maximum Gasteiger partial charge on any atom is 0.208 e. The average molecular weight is 316 g/mol. The highest BCUT2D eigenvalue weighted by atomic mass is 32.1. The Bertz CT molecular complexity index is 678. The number of hydrogen-bond donors (Lipinski definition) is 0. The van der Waals surface area contributed by atoms with Gasteiger partial charge in [-0.25, -0.2) is 0 Å². The maximum atomic E-state index is 4.43. The molecule has 0 bridgehead atoms. The Hall–Kier alpha value is -1.76. The number of likely N-dealkylation sites (N-methyl/N-ethyl adjacent to an activating group) is 1. The van der Waals surface area contributed by atoms with E-state index in [2.05, 4.69) is 43.3 Å². The Morgan fingerprint density at radius 1 is 1.14 bits per heavy atom. The highest BCUT2D eigenvalue weighted by Gasteiger charge is 2.33. The number of nitrogens with zero attached hydrogens (tertiary/aromatic N) is 6. The largest absolute Gasteiger partial charge is 0.351 e. The summed E-state index contributed by atoms with van der Waals surface area (Å²) in [5, 5.41) is 19.2. The summed E-state index contributed by atoms with van der Waals surface area (Å²) in [4.78, 5) is 4.53. The van der Waals surface area contributed by atoms with E-state index in [1.807, 2.05) is 6.92 Å². The first-order valence-electron chi connectivity index (χ1n) is 7.84. The van der Waals surface area contributed by atoms with Crippen molar-refractivity contribution in [1.29, 1.82) is 0 Å². The Kier molecular flexibility index (Phi) is 3.44. The van der Waals surface area contributed by atoms with Gasteiger partial charge in [0.05, 0.1) is 11.7 Å². The summed E-state index contributed by atoms with van der Waals surface area (Å²) < 4.78 is 0. The maximum absolute atomic E-state index is 4.43. The zero-order chi connectivity index (χ0) is 15.1. The van der Waals surface area contributed by atoms with Gasteiger partial charge in [0.1, 0.15) is 5.01 Å². The summed E-state index contributed by atoms with van der Waals surface area (Å²) in [6.07, 6.45) is 4.77. The number of aromatic nitrogens is 4. The van der Waals surface area contributed by atoms with Crippen LogP contribution >= 0.6 is 11.3 Å². The third-order valence-electron chi connectivity index (χ3n) is 4.61. The molecule has 0 N–H and O–H groups in total. The van der Waals surface area contributed by atoms with Crippen molar-refractivity contribution in [2.24, 2.45) is 0 Å². The fraction of sp³-hybridized carbons (Fsp3) is 0.600. The molecule has 7 heteroatoms. The van der Waals surface area contributed by atoms with Crippen molar-refractivity contribution < 1.29 is 0 Å². The summed E-state index contributed by atoms with van der Waals surface area (Å²) in [5.41, 5.74) is 2.60. The molecule has 1 saturated heterocycles. The van der Waals surface area contributed by atoms with E-state index >= 15 is 0 Å². The molecule has 0 saturated carbocycles. The zero-order valence-electron chi connectivity index (χ0n) is 13.0. The van der Waals surface area contributed by atoms with Crippen molar-refractivity contribution >= 4 is 22.3 Å². The van der Waals surface area contributed by atoms with E-state index in [9.17, 15) is 0 Å². The third-order valence-corrected chi connectivity index (χ3v) is 5.54. The number of hydrogen-bond acceptors (Lipinski definition) is 7. The number of anilines is 2. The second-order valence-corrected chi connectivity index (χ2v) is 7.32. The van der Waals surface area contributed by atoms with Crippen molar-refractivity contribution in [2.45, 2.75) is 38.6 Å². The van der Waals surface area contributed by atoms with Crippen LogP contribution in [0.2, 0.25) is 0 Å². The third kappa shape index (κ3) is 2.43. The van der Waals surface area contributed by atoms with Crippen LogP contribution in [0.5, 0.6) is 0 Å². The highest BCUT2D eigenvalue weighted by molar-refractivity contribution is 7.15. The predicted molar refractivity (Wildman–Crippen MR) is 87.7 cm³/mol. The van der Waals surface area contributed by atoms with Gasteiger partial charge in [-0.3, -0.25) is 0 Å². The molecular weight excluding hydrogens is 296 g/mol. The lowest BCUT2D eigenvalue weighted by atomic mass is 9.96. The van der Waals surface area contributed by atoms with E-state index in [0.717, 1.165) is 41.9 Å². The molecule has 0 radical (unpaired) electrons. The average Bonchev–Trinajstić information content (AvgIpc) is 2.92. The van der Waals surface area contributed by atoms with Gasteiger partial charge >= 0.3 is 0 Å². The first-order valence-corrected chi connectivity index (χ1v) is 8.66. The van der Waals surface area contributed by atoms with Crippen LogP contribution < -0.4 is 9.80 Å². The first kappa shape index (κ1) is 13.9. The topological polar surface area (TPSA) is 58.0 Å². The van der Waals surface area contributed by atoms with Crippen molar-refractivity contribution in [3.63, 3.8) is 0 Å². The number of fused-ring (bicyclic) bond motifs is 1. The van der Waals surface area contributed by atoms with Crippen molar-refractivity contribution in [2.75, 3.05) is 29.9 Å². The Labute approximate surface area is 134 Å². The Balaban J connectivity index is 1.42. The lowest BCUT2D eigenvalue weighted by molar-refractivity contribution is 0.487. The Morgan fingerprint density at radius 3 is 2.73 bits per heavy atom. The molecule has 3 heterocycles. The van der Waals surface area contributed by atoms with Gasteiger partial charge in [0, 0.05) is 20.1 Å². The molecule has 116 valence electrons. The summed E-state index contributed by atoms with van der Waals surface area (Å²) in [6, 6.07) is 2.72. The standard InChI is InChI=1S/C15H20N6S/c1-10-16-19-15(22-10)20(2)12-8-21(9-12)14-7-11-5-3-4-6-13(11)17-18-14/h7,12H,3-6,8-9H2,1-2H3. The van der Waals surface area contributed by atoms with Crippen molar-refractivity contribution in [1.82, 2.24) is 20.4 Å². The summed E-state index contributed by atoms with van der Waals surface area (Å²) in [6.45, 7) is 3.94. The zero-order valence-corrected chi connectivity index (χ0v) is 13.8. The second kappa shape index (κ2) is 5.46. The summed E-state index contributed by atoms with van der Waals surface area (Å²) >= 11 is 1.65. The van der Waals surface area contributed by atoms with Crippen molar-refractivity contribution in [3.8, 4) is 0 Å². The first-order chi connectivity index (χ1) is 10.7. The number of aryl methyl sites for hydroxylation is 3. The van der Waals surface area contributed by atoms with Gasteiger partial charge in [-0.05, 0) is 44.2 Å². The molecule has 0 unspecified atom stereocenters. The summed E-state index contributed by atoms with van der Waals surface area (Å²) in [5.74, 6) is 1.03. The molecule has 0 amide bonds. The van der Waals surface area contributed by atoms with Crippen LogP contribution in [-0.2, 0) is 12.8 Å². The quantitative estimate of drug-likeness (QED) is 0.861. The van der Waals surface area contributed by atoms with Gasteiger partial charge in [-0.15, -0.1) is 15.3 Å². The Morgan fingerprint density at radius 2 is 1.95 bits per heavy atom. The molecule has 2 aliphatic rings. The SMILES string of the molecule is Cc1nnc(N(C)C2CN(c3cc4c(nn3)CCCC4)C2)s1. The van der Waals surface area contributed by atoms with Crippen LogP contribution in [0.25, 0.3) is 0 Å². The molecule has 4 rings (SSSR count). The van der Waals surface area contributed by atoms with Gasteiger partial charge in [0.2, 0.25) is 5.13 Å². The minimum atomic E-state index is 0.477. The van der Waals surface area contributed by atoms with Crippen LogP contribution in [0.3, 0.4) is 0 Å².